The Morgan fingerprint density at radius 1 is 0.973 bits per heavy atom. The number of carboxylic acids is 1. The zero-order chi connectivity index (χ0) is 27.6. The molecule has 2 aromatic carbocycles. The Hall–Kier alpha value is -2.63. The van der Waals surface area contributed by atoms with Crippen LogP contribution in [0, 0.1) is 13.8 Å². The minimum absolute atomic E-state index is 0.0692. The molecule has 2 aromatic rings. The van der Waals surface area contributed by atoms with Gasteiger partial charge in [0.25, 0.3) is 0 Å². The van der Waals surface area contributed by atoms with Gasteiger partial charge in [-0.2, -0.15) is 0 Å². The molecule has 5 nitrogen and oxygen atoms in total. The molecule has 0 amide bonds. The summed E-state index contributed by atoms with van der Waals surface area (Å²) in [7, 11) is 0. The van der Waals surface area contributed by atoms with Crippen molar-refractivity contribution in [3.63, 3.8) is 0 Å². The number of benzene rings is 2. The maximum absolute atomic E-state index is 10.8. The van der Waals surface area contributed by atoms with Crippen LogP contribution < -0.4 is 4.74 Å². The van der Waals surface area contributed by atoms with Gasteiger partial charge in [-0.25, -0.2) is 0 Å². The number of carbonyl (C=O) groups is 1. The Morgan fingerprint density at radius 2 is 1.59 bits per heavy atom. The molecule has 0 aliphatic carbocycles. The minimum Gasteiger partial charge on any atom is -0.491 e. The smallest absolute Gasteiger partial charge is 0.303 e. The predicted octanol–water partition coefficient (Wildman–Crippen LogP) is 6.97. The normalized spacial score (nSPS) is 14.5. The van der Waals surface area contributed by atoms with Crippen molar-refractivity contribution in [2.45, 2.75) is 104 Å². The Balaban J connectivity index is 2.30. The fraction of sp³-hybridized carbons (Fsp3) is 0.531. The molecule has 2 rings (SSSR count). The second kappa shape index (κ2) is 13.8. The first-order valence-electron chi connectivity index (χ1n) is 13.7. The van der Waals surface area contributed by atoms with Gasteiger partial charge in [0.05, 0.1) is 11.7 Å². The lowest BCUT2D eigenvalue weighted by Crippen LogP contribution is -2.26. The molecule has 0 fully saturated rings. The third-order valence-electron chi connectivity index (χ3n) is 7.75. The molecule has 3 N–H and O–H groups in total. The third kappa shape index (κ3) is 7.93. The number of rotatable bonds is 15. The monoisotopic (exact) mass is 510 g/mol. The van der Waals surface area contributed by atoms with Crippen molar-refractivity contribution in [3.05, 3.63) is 70.3 Å². The van der Waals surface area contributed by atoms with Gasteiger partial charge in [-0.05, 0) is 79.8 Å². The highest BCUT2D eigenvalue weighted by atomic mass is 16.5. The number of aliphatic carboxylic acids is 1. The summed E-state index contributed by atoms with van der Waals surface area (Å²) in [6, 6.07) is 12.9. The Labute approximate surface area is 223 Å². The lowest BCUT2D eigenvalue weighted by atomic mass is 9.70. The van der Waals surface area contributed by atoms with Gasteiger partial charge in [-0.3, -0.25) is 4.79 Å². The predicted molar refractivity (Wildman–Crippen MR) is 151 cm³/mol. The molecule has 0 aromatic heterocycles. The van der Waals surface area contributed by atoms with Gasteiger partial charge in [-0.1, -0.05) is 76.6 Å². The van der Waals surface area contributed by atoms with Crippen LogP contribution in [-0.2, 0) is 10.2 Å². The fourth-order valence-electron chi connectivity index (χ4n) is 5.12. The van der Waals surface area contributed by atoms with Crippen LogP contribution in [-0.4, -0.2) is 39.6 Å². The van der Waals surface area contributed by atoms with E-state index in [0.717, 1.165) is 36.8 Å². The Bertz CT molecular complexity index is 1050. The van der Waals surface area contributed by atoms with Gasteiger partial charge in [-0.15, -0.1) is 0 Å². The van der Waals surface area contributed by atoms with E-state index in [0.29, 0.717) is 12.2 Å². The summed E-state index contributed by atoms with van der Waals surface area (Å²) in [4.78, 5) is 10.7. The zero-order valence-corrected chi connectivity index (χ0v) is 23.5. The molecule has 0 saturated heterocycles. The molecule has 0 bridgehead atoms. The van der Waals surface area contributed by atoms with E-state index in [1.807, 2.05) is 26.0 Å². The highest BCUT2D eigenvalue weighted by molar-refractivity contribution is 5.66. The van der Waals surface area contributed by atoms with Gasteiger partial charge in [0.15, 0.2) is 0 Å². The van der Waals surface area contributed by atoms with E-state index in [9.17, 15) is 15.0 Å². The lowest BCUT2D eigenvalue weighted by Gasteiger charge is -2.34. The van der Waals surface area contributed by atoms with Gasteiger partial charge >= 0.3 is 5.97 Å². The van der Waals surface area contributed by atoms with Gasteiger partial charge in [0.1, 0.15) is 12.4 Å². The molecule has 0 saturated carbocycles. The van der Waals surface area contributed by atoms with Crippen LogP contribution in [0.2, 0.25) is 0 Å². The van der Waals surface area contributed by atoms with Crippen molar-refractivity contribution in [1.29, 1.82) is 0 Å². The number of hydrogen-bond acceptors (Lipinski definition) is 4. The van der Waals surface area contributed by atoms with Gasteiger partial charge in [0, 0.05) is 11.8 Å². The van der Waals surface area contributed by atoms with Crippen LogP contribution in [0.25, 0.3) is 6.08 Å². The molecule has 1 unspecified atom stereocenters. The second-order valence-corrected chi connectivity index (χ2v) is 10.3. The highest BCUT2D eigenvalue weighted by Crippen LogP contribution is 2.41. The number of aliphatic hydroxyl groups is 2. The van der Waals surface area contributed by atoms with E-state index in [2.05, 4.69) is 64.1 Å². The maximum atomic E-state index is 10.8. The minimum atomic E-state index is -0.923. The standard InChI is InChI=1S/C32H46O5/c1-7-18-31(36,8-2)19-17-25-11-12-26(20-23(25)5)32(9-3,10-4)27-13-15-29(24(6)21-27)37-22-28(33)14-16-30(34)35/h11-13,15,17,19-21,28,33,36H,7-10,14,16,18,22H2,1-6H3,(H,34,35)/t28-,31?/m0/s1. The molecule has 0 radical (unpaired) electrons. The third-order valence-corrected chi connectivity index (χ3v) is 7.75. The van der Waals surface area contributed by atoms with E-state index in [1.165, 1.54) is 16.7 Å². The van der Waals surface area contributed by atoms with Gasteiger partial charge < -0.3 is 20.1 Å². The Morgan fingerprint density at radius 3 is 2.11 bits per heavy atom. The molecule has 0 aliphatic heterocycles. The first-order chi connectivity index (χ1) is 17.5. The number of aryl methyl sites for hydroxylation is 2. The molecule has 2 atom stereocenters. The van der Waals surface area contributed by atoms with E-state index in [4.69, 9.17) is 9.84 Å². The van der Waals surface area contributed by atoms with E-state index >= 15 is 0 Å². The van der Waals surface area contributed by atoms with Crippen LogP contribution in [0.5, 0.6) is 5.75 Å². The van der Waals surface area contributed by atoms with Crippen molar-refractivity contribution in [3.8, 4) is 5.75 Å². The summed E-state index contributed by atoms with van der Waals surface area (Å²) in [6.07, 6.45) is 7.56. The fourth-order valence-corrected chi connectivity index (χ4v) is 5.12. The summed E-state index contributed by atoms with van der Waals surface area (Å²) < 4.78 is 5.82. The molecule has 0 heterocycles. The molecule has 0 aliphatic rings. The number of ether oxygens (including phenoxy) is 1. The summed E-state index contributed by atoms with van der Waals surface area (Å²) in [5.74, 6) is -0.223. The SMILES string of the molecule is CCCC(O)(C=Cc1ccc(C(CC)(CC)c2ccc(OC[C@@H](O)CCC(=O)O)c(C)c2)cc1C)CC. The molecule has 37 heavy (non-hydrogen) atoms. The van der Waals surface area contributed by atoms with Crippen molar-refractivity contribution in [2.75, 3.05) is 6.61 Å². The van der Waals surface area contributed by atoms with E-state index in [-0.39, 0.29) is 24.9 Å². The lowest BCUT2D eigenvalue weighted by molar-refractivity contribution is -0.137. The Kier molecular flexibility index (Phi) is 11.4. The van der Waals surface area contributed by atoms with Crippen LogP contribution in [0.3, 0.4) is 0 Å². The largest absolute Gasteiger partial charge is 0.491 e. The summed E-state index contributed by atoms with van der Waals surface area (Å²) >= 11 is 0. The van der Waals surface area contributed by atoms with E-state index in [1.54, 1.807) is 0 Å². The number of carboxylic acid groups (broad SMARTS) is 1. The first kappa shape index (κ1) is 30.6. The summed E-state index contributed by atoms with van der Waals surface area (Å²) in [5, 5.41) is 29.6. The number of aliphatic hydroxyl groups excluding tert-OH is 1. The first-order valence-corrected chi connectivity index (χ1v) is 13.7. The van der Waals surface area contributed by atoms with Crippen molar-refractivity contribution in [2.24, 2.45) is 0 Å². The highest BCUT2D eigenvalue weighted by Gasteiger charge is 2.31. The van der Waals surface area contributed by atoms with Crippen LogP contribution >= 0.6 is 0 Å². The quantitative estimate of drug-likeness (QED) is 0.241. The molecular formula is C32H46O5. The topological polar surface area (TPSA) is 87.0 Å². The molecule has 5 heteroatoms. The molecule has 204 valence electrons. The van der Waals surface area contributed by atoms with Crippen molar-refractivity contribution < 1.29 is 24.9 Å². The molecule has 0 spiro atoms. The summed E-state index contributed by atoms with van der Waals surface area (Å²) in [6.45, 7) is 12.8. The van der Waals surface area contributed by atoms with Crippen LogP contribution in [0.4, 0.5) is 0 Å². The maximum Gasteiger partial charge on any atom is 0.303 e. The second-order valence-electron chi connectivity index (χ2n) is 10.3. The van der Waals surface area contributed by atoms with E-state index < -0.39 is 17.7 Å². The van der Waals surface area contributed by atoms with Crippen molar-refractivity contribution in [1.82, 2.24) is 0 Å². The zero-order valence-electron chi connectivity index (χ0n) is 23.5. The van der Waals surface area contributed by atoms with Crippen LogP contribution in [0.1, 0.15) is 100 Å². The molecular weight excluding hydrogens is 464 g/mol. The number of hydrogen-bond donors (Lipinski definition) is 3. The summed E-state index contributed by atoms with van der Waals surface area (Å²) in [5.41, 5.74) is 4.87. The van der Waals surface area contributed by atoms with Crippen LogP contribution in [0.15, 0.2) is 42.5 Å². The van der Waals surface area contributed by atoms with Gasteiger partial charge in [0.2, 0.25) is 0 Å². The van der Waals surface area contributed by atoms with Crippen molar-refractivity contribution >= 4 is 12.0 Å². The average molecular weight is 511 g/mol. The average Bonchev–Trinajstić information content (AvgIpc) is 2.87.